The maximum atomic E-state index is 12.1. The van der Waals surface area contributed by atoms with Crippen LogP contribution in [0.5, 0.6) is 0 Å². The number of hydrogen-bond donors (Lipinski definition) is 3. The third-order valence-electron chi connectivity index (χ3n) is 2.85. The van der Waals surface area contributed by atoms with E-state index >= 15 is 0 Å². The predicted molar refractivity (Wildman–Crippen MR) is 81.4 cm³/mol. The molecular formula is C13H11BrN6O. The molecule has 0 fully saturated rings. The van der Waals surface area contributed by atoms with Crippen molar-refractivity contribution in [3.8, 4) is 0 Å². The zero-order valence-corrected chi connectivity index (χ0v) is 12.4. The fourth-order valence-corrected chi connectivity index (χ4v) is 2.21. The van der Waals surface area contributed by atoms with E-state index in [1.807, 2.05) is 24.3 Å². The first-order valence-electron chi connectivity index (χ1n) is 6.13. The number of hydrogen-bond acceptors (Lipinski definition) is 5. The van der Waals surface area contributed by atoms with Crippen molar-refractivity contribution in [3.05, 3.63) is 46.3 Å². The number of carbonyl (C=O) groups is 1. The number of amides is 1. The van der Waals surface area contributed by atoms with Crippen LogP contribution < -0.4 is 11.1 Å². The van der Waals surface area contributed by atoms with E-state index in [0.29, 0.717) is 11.5 Å². The van der Waals surface area contributed by atoms with E-state index in [1.54, 1.807) is 6.07 Å². The number of nitrogen functional groups attached to an aromatic ring is 1. The Labute approximate surface area is 128 Å². The first kappa shape index (κ1) is 13.5. The summed E-state index contributed by atoms with van der Waals surface area (Å²) in [5.74, 6) is 0.351. The average molecular weight is 347 g/mol. The zero-order valence-electron chi connectivity index (χ0n) is 10.8. The van der Waals surface area contributed by atoms with E-state index in [-0.39, 0.29) is 18.4 Å². The highest BCUT2D eigenvalue weighted by Crippen LogP contribution is 2.18. The van der Waals surface area contributed by atoms with Crippen molar-refractivity contribution < 1.29 is 4.79 Å². The van der Waals surface area contributed by atoms with Crippen LogP contribution in [0.25, 0.3) is 10.9 Å². The van der Waals surface area contributed by atoms with Gasteiger partial charge in [-0.25, -0.2) is 4.98 Å². The molecule has 2 aromatic heterocycles. The van der Waals surface area contributed by atoms with Gasteiger partial charge in [0.2, 0.25) is 5.95 Å². The molecule has 8 heteroatoms. The van der Waals surface area contributed by atoms with Crippen molar-refractivity contribution in [2.75, 3.05) is 5.73 Å². The summed E-state index contributed by atoms with van der Waals surface area (Å²) < 4.78 is 0.914. The number of benzene rings is 1. The second kappa shape index (κ2) is 5.49. The highest BCUT2D eigenvalue weighted by atomic mass is 79.9. The Morgan fingerprint density at radius 2 is 2.10 bits per heavy atom. The van der Waals surface area contributed by atoms with E-state index in [2.05, 4.69) is 41.4 Å². The Hall–Kier alpha value is -2.48. The summed E-state index contributed by atoms with van der Waals surface area (Å²) in [6.07, 6.45) is 0. The maximum absolute atomic E-state index is 12.1. The second-order valence-electron chi connectivity index (χ2n) is 4.36. The van der Waals surface area contributed by atoms with Crippen molar-refractivity contribution in [1.82, 2.24) is 25.5 Å². The molecule has 1 amide bonds. The maximum Gasteiger partial charge on any atom is 0.270 e. The lowest BCUT2D eigenvalue weighted by atomic mass is 10.2. The highest BCUT2D eigenvalue weighted by molar-refractivity contribution is 9.10. The molecule has 0 aliphatic rings. The molecule has 1 aromatic carbocycles. The molecule has 106 valence electrons. The number of nitrogens with one attached hydrogen (secondary N) is 2. The molecule has 3 rings (SSSR count). The van der Waals surface area contributed by atoms with Crippen LogP contribution >= 0.6 is 15.9 Å². The number of rotatable bonds is 3. The first-order chi connectivity index (χ1) is 10.1. The molecule has 7 nitrogen and oxygen atoms in total. The summed E-state index contributed by atoms with van der Waals surface area (Å²) >= 11 is 3.39. The summed E-state index contributed by atoms with van der Waals surface area (Å²) in [5, 5.41) is 9.98. The Kier molecular flexibility index (Phi) is 3.53. The fraction of sp³-hybridized carbons (Fsp3) is 0.0769. The predicted octanol–water partition coefficient (Wildman–Crippen LogP) is 1.63. The molecule has 0 spiro atoms. The van der Waals surface area contributed by atoms with Crippen LogP contribution in [-0.2, 0) is 6.54 Å². The van der Waals surface area contributed by atoms with Gasteiger partial charge in [0.15, 0.2) is 0 Å². The van der Waals surface area contributed by atoms with E-state index in [1.165, 1.54) is 0 Å². The average Bonchev–Trinajstić information content (AvgIpc) is 2.89. The Morgan fingerprint density at radius 3 is 2.86 bits per heavy atom. The van der Waals surface area contributed by atoms with Crippen molar-refractivity contribution in [3.63, 3.8) is 0 Å². The smallest absolute Gasteiger partial charge is 0.270 e. The third-order valence-corrected chi connectivity index (χ3v) is 3.35. The summed E-state index contributed by atoms with van der Waals surface area (Å²) in [4.78, 5) is 20.3. The number of halogens is 1. The molecule has 0 aliphatic heterocycles. The topological polar surface area (TPSA) is 110 Å². The van der Waals surface area contributed by atoms with Crippen molar-refractivity contribution in [1.29, 1.82) is 0 Å². The number of pyridine rings is 1. The lowest BCUT2D eigenvalue weighted by molar-refractivity contribution is 0.0945. The molecule has 4 N–H and O–H groups in total. The molecule has 0 aliphatic carbocycles. The highest BCUT2D eigenvalue weighted by Gasteiger charge is 2.09. The quantitative estimate of drug-likeness (QED) is 0.667. The molecule has 0 bridgehead atoms. The number of nitrogens with zero attached hydrogens (tertiary/aromatic N) is 3. The van der Waals surface area contributed by atoms with Gasteiger partial charge >= 0.3 is 0 Å². The normalized spacial score (nSPS) is 10.7. The van der Waals surface area contributed by atoms with Gasteiger partial charge in [-0.05, 0) is 18.2 Å². The van der Waals surface area contributed by atoms with E-state index < -0.39 is 0 Å². The molecular weight excluding hydrogens is 336 g/mol. The molecule has 2 heterocycles. The first-order valence-corrected chi connectivity index (χ1v) is 6.92. The van der Waals surface area contributed by atoms with Gasteiger partial charge in [0, 0.05) is 9.86 Å². The van der Waals surface area contributed by atoms with Crippen LogP contribution in [0.15, 0.2) is 34.8 Å². The Balaban J connectivity index is 1.77. The van der Waals surface area contributed by atoms with Gasteiger partial charge in [0.1, 0.15) is 11.5 Å². The second-order valence-corrected chi connectivity index (χ2v) is 5.27. The molecule has 0 saturated heterocycles. The summed E-state index contributed by atoms with van der Waals surface area (Å²) in [5.41, 5.74) is 6.48. The number of fused-ring (bicyclic) bond motifs is 1. The summed E-state index contributed by atoms with van der Waals surface area (Å²) in [6, 6.07) is 9.27. The number of aromatic nitrogens is 4. The van der Waals surface area contributed by atoms with Gasteiger partial charge in [-0.2, -0.15) is 4.98 Å². The van der Waals surface area contributed by atoms with Gasteiger partial charge in [-0.15, -0.1) is 5.10 Å². The molecule has 0 atom stereocenters. The molecule has 3 aromatic rings. The Morgan fingerprint density at radius 1 is 1.29 bits per heavy atom. The lowest BCUT2D eigenvalue weighted by Gasteiger charge is -2.04. The minimum absolute atomic E-state index is 0.146. The van der Waals surface area contributed by atoms with Crippen LogP contribution in [-0.4, -0.2) is 26.1 Å². The lowest BCUT2D eigenvalue weighted by Crippen LogP contribution is -2.24. The molecule has 21 heavy (non-hydrogen) atoms. The third kappa shape index (κ3) is 3.00. The molecule has 0 unspecified atom stereocenters. The number of aromatic amines is 1. The number of carbonyl (C=O) groups excluding carboxylic acids is 1. The minimum Gasteiger partial charge on any atom is -0.367 e. The number of nitrogens with two attached hydrogens (primary N) is 1. The SMILES string of the molecule is Nc1n[nH]c(CNC(=O)c2ccc3ccc(Br)cc3n2)n1. The monoisotopic (exact) mass is 346 g/mol. The van der Waals surface area contributed by atoms with Gasteiger partial charge in [0.05, 0.1) is 12.1 Å². The summed E-state index contributed by atoms with van der Waals surface area (Å²) in [6.45, 7) is 0.210. The zero-order chi connectivity index (χ0) is 14.8. The van der Waals surface area contributed by atoms with Gasteiger partial charge in [0.25, 0.3) is 5.91 Å². The van der Waals surface area contributed by atoms with E-state index in [0.717, 1.165) is 15.4 Å². The largest absolute Gasteiger partial charge is 0.367 e. The number of anilines is 1. The van der Waals surface area contributed by atoms with Crippen LogP contribution in [0.4, 0.5) is 5.95 Å². The molecule has 0 saturated carbocycles. The summed E-state index contributed by atoms with van der Waals surface area (Å²) in [7, 11) is 0. The van der Waals surface area contributed by atoms with Crippen molar-refractivity contribution in [2.24, 2.45) is 0 Å². The van der Waals surface area contributed by atoms with Crippen LogP contribution in [0.2, 0.25) is 0 Å². The van der Waals surface area contributed by atoms with E-state index in [9.17, 15) is 4.79 Å². The van der Waals surface area contributed by atoms with Gasteiger partial charge in [-0.1, -0.05) is 28.1 Å². The van der Waals surface area contributed by atoms with Crippen LogP contribution in [0.1, 0.15) is 16.3 Å². The van der Waals surface area contributed by atoms with Gasteiger partial charge in [-0.3, -0.25) is 9.89 Å². The minimum atomic E-state index is -0.285. The standard InChI is InChI=1S/C13H11BrN6O/c14-8-3-1-7-2-4-9(17-10(7)5-8)12(21)16-6-11-18-13(15)20-19-11/h1-5H,6H2,(H,16,21)(H3,15,18,19,20). The van der Waals surface area contributed by atoms with Crippen LogP contribution in [0, 0.1) is 0 Å². The molecule has 0 radical (unpaired) electrons. The van der Waals surface area contributed by atoms with Crippen molar-refractivity contribution in [2.45, 2.75) is 6.54 Å². The Bertz CT molecular complexity index is 815. The van der Waals surface area contributed by atoms with E-state index in [4.69, 9.17) is 5.73 Å². The number of H-pyrrole nitrogens is 1. The van der Waals surface area contributed by atoms with Gasteiger partial charge < -0.3 is 11.1 Å². The van der Waals surface area contributed by atoms with Crippen molar-refractivity contribution >= 4 is 38.7 Å². The fourth-order valence-electron chi connectivity index (χ4n) is 1.86. The van der Waals surface area contributed by atoms with Crippen LogP contribution in [0.3, 0.4) is 0 Å².